The summed E-state index contributed by atoms with van der Waals surface area (Å²) in [5.74, 6) is 1.10. The molecule has 0 aliphatic heterocycles. The highest BCUT2D eigenvalue weighted by molar-refractivity contribution is 5.73. The Labute approximate surface area is 175 Å². The smallest absolute Gasteiger partial charge is 0.361 e. The van der Waals surface area contributed by atoms with E-state index in [1.807, 2.05) is 30.3 Å². The number of hydrogen-bond donors (Lipinski definition) is 1. The Morgan fingerprint density at radius 2 is 1.97 bits per heavy atom. The summed E-state index contributed by atoms with van der Waals surface area (Å²) in [5.41, 5.74) is 0.127. The molecule has 2 aromatic heterocycles. The van der Waals surface area contributed by atoms with Gasteiger partial charge in [0.25, 0.3) is 5.78 Å². The molecule has 31 heavy (non-hydrogen) atoms. The summed E-state index contributed by atoms with van der Waals surface area (Å²) in [6, 6.07) is 15.0. The van der Waals surface area contributed by atoms with Gasteiger partial charge in [-0.2, -0.15) is 4.52 Å². The van der Waals surface area contributed by atoms with Crippen LogP contribution >= 0.6 is 0 Å². The maximum Gasteiger partial charge on any atom is 0.361 e. The summed E-state index contributed by atoms with van der Waals surface area (Å²) in [6.07, 6.45) is 4.23. The Morgan fingerprint density at radius 1 is 1.16 bits per heavy atom. The predicted molar refractivity (Wildman–Crippen MR) is 113 cm³/mol. The van der Waals surface area contributed by atoms with Crippen molar-refractivity contribution in [2.75, 3.05) is 7.11 Å². The molecule has 2 heterocycles. The number of nitrogens with one attached hydrogen (secondary N) is 1. The second kappa shape index (κ2) is 8.49. The van der Waals surface area contributed by atoms with Crippen LogP contribution in [0.3, 0.4) is 0 Å². The second-order valence-corrected chi connectivity index (χ2v) is 6.45. The van der Waals surface area contributed by atoms with E-state index < -0.39 is 16.2 Å². The van der Waals surface area contributed by atoms with Crippen LogP contribution < -0.4 is 15.0 Å². The molecule has 0 bridgehead atoms. The molecule has 0 aliphatic carbocycles. The number of ether oxygens (including phenoxy) is 2. The molecule has 10 nitrogen and oxygen atoms in total. The van der Waals surface area contributed by atoms with Crippen molar-refractivity contribution in [3.8, 4) is 11.5 Å². The lowest BCUT2D eigenvalue weighted by Gasteiger charge is -2.11. The largest absolute Gasteiger partial charge is 0.493 e. The van der Waals surface area contributed by atoms with Gasteiger partial charge >= 0.3 is 11.2 Å². The lowest BCUT2D eigenvalue weighted by molar-refractivity contribution is -0.386. The summed E-state index contributed by atoms with van der Waals surface area (Å²) in [7, 11) is 1.52. The van der Waals surface area contributed by atoms with Gasteiger partial charge in [-0.3, -0.25) is 20.0 Å². The molecule has 0 fully saturated rings. The van der Waals surface area contributed by atoms with Crippen molar-refractivity contribution in [2.24, 2.45) is 0 Å². The molecular formula is C21H17N5O5. The van der Waals surface area contributed by atoms with Gasteiger partial charge in [-0.05, 0) is 29.3 Å². The van der Waals surface area contributed by atoms with Crippen LogP contribution in [-0.4, -0.2) is 31.6 Å². The summed E-state index contributed by atoms with van der Waals surface area (Å²) >= 11 is 0. The lowest BCUT2D eigenvalue weighted by Crippen LogP contribution is -2.20. The van der Waals surface area contributed by atoms with Gasteiger partial charge in [-0.15, -0.1) is 0 Å². The molecule has 0 saturated carbocycles. The minimum atomic E-state index is -0.839. The highest BCUT2D eigenvalue weighted by Gasteiger charge is 2.22. The van der Waals surface area contributed by atoms with Crippen LogP contribution in [0.5, 0.6) is 11.5 Å². The van der Waals surface area contributed by atoms with Crippen LogP contribution in [0.2, 0.25) is 0 Å². The van der Waals surface area contributed by atoms with Gasteiger partial charge in [0.05, 0.1) is 12.0 Å². The molecule has 0 atom stereocenters. The summed E-state index contributed by atoms with van der Waals surface area (Å²) < 4.78 is 12.1. The maximum absolute atomic E-state index is 12.3. The molecule has 2 aromatic carbocycles. The molecule has 4 aromatic rings. The van der Waals surface area contributed by atoms with Crippen LogP contribution in [0.25, 0.3) is 17.9 Å². The molecular weight excluding hydrogens is 402 g/mol. The Bertz CT molecular complexity index is 1330. The molecule has 0 amide bonds. The lowest BCUT2D eigenvalue weighted by atomic mass is 10.1. The van der Waals surface area contributed by atoms with Crippen molar-refractivity contribution < 1.29 is 14.4 Å². The van der Waals surface area contributed by atoms with E-state index in [1.54, 1.807) is 24.3 Å². The fourth-order valence-electron chi connectivity index (χ4n) is 2.97. The van der Waals surface area contributed by atoms with Crippen molar-refractivity contribution >= 4 is 23.6 Å². The zero-order chi connectivity index (χ0) is 21.8. The first-order chi connectivity index (χ1) is 15.1. The quantitative estimate of drug-likeness (QED) is 0.360. The average molecular weight is 419 g/mol. The first kappa shape index (κ1) is 19.8. The Hall–Kier alpha value is -4.47. The topological polar surface area (TPSA) is 125 Å². The second-order valence-electron chi connectivity index (χ2n) is 6.45. The third-order valence-electron chi connectivity index (χ3n) is 4.48. The molecule has 0 aliphatic rings. The third kappa shape index (κ3) is 4.13. The van der Waals surface area contributed by atoms with Gasteiger partial charge in [0, 0.05) is 0 Å². The first-order valence-electron chi connectivity index (χ1n) is 9.20. The molecule has 4 rings (SSSR count). The molecule has 1 N–H and O–H groups in total. The van der Waals surface area contributed by atoms with Crippen LogP contribution in [-0.2, 0) is 6.61 Å². The zero-order valence-corrected chi connectivity index (χ0v) is 16.4. The van der Waals surface area contributed by atoms with Crippen LogP contribution in [0.15, 0.2) is 59.7 Å². The van der Waals surface area contributed by atoms with Crippen molar-refractivity contribution in [1.29, 1.82) is 0 Å². The van der Waals surface area contributed by atoms with E-state index >= 15 is 0 Å². The number of aromatic nitrogens is 4. The number of fused-ring (bicyclic) bond motifs is 1. The zero-order valence-electron chi connectivity index (χ0n) is 16.4. The maximum atomic E-state index is 12.3. The summed E-state index contributed by atoms with van der Waals surface area (Å²) in [6.45, 7) is 0.385. The number of nitro groups is 1. The number of aromatic amines is 1. The number of methoxy groups -OCH3 is 1. The standard InChI is InChI=1S/C21H17N5O5/c1-30-18-11-14(8-10-17(18)31-12-15-5-3-2-4-6-15)7-9-16-19(26(28)29)20(27)25-21(24-16)22-13-23-25/h2-11,13H,12H2,1H3,(H,22,23,24)/b9-7+. The summed E-state index contributed by atoms with van der Waals surface area (Å²) in [4.78, 5) is 31.0. The molecule has 0 unspecified atom stereocenters. The summed E-state index contributed by atoms with van der Waals surface area (Å²) in [5, 5.41) is 13.9. The molecule has 0 spiro atoms. The first-order valence-corrected chi connectivity index (χ1v) is 9.20. The van der Waals surface area contributed by atoms with Crippen LogP contribution in [0.1, 0.15) is 16.8 Å². The van der Waals surface area contributed by atoms with E-state index in [9.17, 15) is 14.9 Å². The van der Waals surface area contributed by atoms with Crippen molar-refractivity contribution in [1.82, 2.24) is 19.6 Å². The highest BCUT2D eigenvalue weighted by atomic mass is 16.6. The van der Waals surface area contributed by atoms with E-state index in [0.29, 0.717) is 23.7 Å². The Kier molecular flexibility index (Phi) is 5.43. The van der Waals surface area contributed by atoms with Gasteiger partial charge in [0.15, 0.2) is 17.2 Å². The van der Waals surface area contributed by atoms with Gasteiger partial charge in [-0.25, -0.2) is 9.97 Å². The van der Waals surface area contributed by atoms with Crippen molar-refractivity contribution in [3.63, 3.8) is 0 Å². The molecule has 156 valence electrons. The third-order valence-corrected chi connectivity index (χ3v) is 4.48. The Morgan fingerprint density at radius 3 is 2.71 bits per heavy atom. The van der Waals surface area contributed by atoms with Gasteiger partial charge in [-0.1, -0.05) is 42.5 Å². The normalized spacial score (nSPS) is 11.1. The number of nitrogens with zero attached hydrogens (tertiary/aromatic N) is 4. The SMILES string of the molecule is COc1cc(/C=C/c2nc3nc[nH]n3c(=O)c2[N+](=O)[O-])ccc1OCc1ccccc1. The van der Waals surface area contributed by atoms with Crippen LogP contribution in [0, 0.1) is 10.1 Å². The van der Waals surface area contributed by atoms with Gasteiger partial charge < -0.3 is 9.47 Å². The number of hydrogen-bond acceptors (Lipinski definition) is 7. The average Bonchev–Trinajstić information content (AvgIpc) is 3.26. The minimum absolute atomic E-state index is 0.0393. The molecule has 0 radical (unpaired) electrons. The Balaban J connectivity index is 1.61. The number of benzene rings is 2. The molecule has 0 saturated heterocycles. The van der Waals surface area contributed by atoms with E-state index in [-0.39, 0.29) is 11.5 Å². The highest BCUT2D eigenvalue weighted by Crippen LogP contribution is 2.29. The van der Waals surface area contributed by atoms with E-state index in [1.165, 1.54) is 19.5 Å². The van der Waals surface area contributed by atoms with Crippen LogP contribution in [0.4, 0.5) is 5.69 Å². The fraction of sp³-hybridized carbons (Fsp3) is 0.0952. The predicted octanol–water partition coefficient (Wildman–Crippen LogP) is 3.08. The number of H-pyrrole nitrogens is 1. The van der Waals surface area contributed by atoms with Gasteiger partial charge in [0.2, 0.25) is 0 Å². The van der Waals surface area contributed by atoms with E-state index in [4.69, 9.17) is 9.47 Å². The molecule has 10 heteroatoms. The van der Waals surface area contributed by atoms with Crippen molar-refractivity contribution in [3.05, 3.63) is 92.1 Å². The minimum Gasteiger partial charge on any atom is -0.493 e. The fourth-order valence-corrected chi connectivity index (χ4v) is 2.97. The van der Waals surface area contributed by atoms with E-state index in [0.717, 1.165) is 10.1 Å². The number of rotatable bonds is 7. The van der Waals surface area contributed by atoms with E-state index in [2.05, 4.69) is 15.1 Å². The van der Waals surface area contributed by atoms with Crippen molar-refractivity contribution in [2.45, 2.75) is 6.61 Å². The van der Waals surface area contributed by atoms with Gasteiger partial charge in [0.1, 0.15) is 12.9 Å². The monoisotopic (exact) mass is 419 g/mol.